The number of benzene rings is 2. The molecule has 3 aromatic rings. The van der Waals surface area contributed by atoms with E-state index in [2.05, 4.69) is 14.7 Å². The van der Waals surface area contributed by atoms with Gasteiger partial charge in [-0.2, -0.15) is 14.6 Å². The molecule has 0 saturated heterocycles. The number of aromatic nitrogens is 2. The predicted molar refractivity (Wildman–Crippen MR) is 138 cm³/mol. The highest BCUT2D eigenvalue weighted by atomic mass is 32.2. The van der Waals surface area contributed by atoms with E-state index < -0.39 is 15.7 Å². The predicted octanol–water partition coefficient (Wildman–Crippen LogP) is 4.34. The molecule has 0 aliphatic rings. The minimum absolute atomic E-state index is 0.00142. The quantitative estimate of drug-likeness (QED) is 0.222. The highest BCUT2D eigenvalue weighted by molar-refractivity contribution is 7.91. The monoisotopic (exact) mass is 526 g/mol. The molecule has 3 rings (SSSR count). The molecule has 0 aliphatic carbocycles. The summed E-state index contributed by atoms with van der Waals surface area (Å²) in [4.78, 5) is 16.3. The largest absolute Gasteiger partial charge is 0.493 e. The first-order valence-corrected chi connectivity index (χ1v) is 13.6. The van der Waals surface area contributed by atoms with Crippen molar-refractivity contribution in [1.29, 1.82) is 5.26 Å². The van der Waals surface area contributed by atoms with Crippen LogP contribution in [0.1, 0.15) is 30.0 Å². The number of anilines is 1. The van der Waals surface area contributed by atoms with Gasteiger partial charge < -0.3 is 9.47 Å². The average molecular weight is 527 g/mol. The molecular formula is C25H26N4O5S2. The molecule has 0 fully saturated rings. The zero-order valence-electron chi connectivity index (χ0n) is 20.1. The number of hydrogen-bond acceptors (Lipinski definition) is 9. The Morgan fingerprint density at radius 3 is 2.56 bits per heavy atom. The van der Waals surface area contributed by atoms with Gasteiger partial charge in [0.2, 0.25) is 15.0 Å². The van der Waals surface area contributed by atoms with Crippen molar-refractivity contribution in [3.8, 4) is 17.6 Å². The molecule has 1 heterocycles. The SMILES string of the molecule is CCS(=O)(=O)c1nsc(NC(=O)/C(C#N)=C\c2ccc(OCCCOc3cc(C)ccc3C)cc2)n1. The summed E-state index contributed by atoms with van der Waals surface area (Å²) in [7, 11) is -3.58. The highest BCUT2D eigenvalue weighted by Gasteiger charge is 2.20. The molecule has 188 valence electrons. The number of amides is 1. The Kier molecular flexibility index (Phi) is 9.16. The zero-order chi connectivity index (χ0) is 26.1. The van der Waals surface area contributed by atoms with Crippen molar-refractivity contribution in [2.45, 2.75) is 32.3 Å². The maximum Gasteiger partial charge on any atom is 0.268 e. The third kappa shape index (κ3) is 7.37. The molecule has 0 atom stereocenters. The highest BCUT2D eigenvalue weighted by Crippen LogP contribution is 2.20. The Hall–Kier alpha value is -3.75. The smallest absolute Gasteiger partial charge is 0.268 e. The van der Waals surface area contributed by atoms with Crippen LogP contribution in [-0.2, 0) is 14.6 Å². The molecule has 0 bridgehead atoms. The molecule has 1 amide bonds. The molecule has 0 aliphatic heterocycles. The summed E-state index contributed by atoms with van der Waals surface area (Å²) in [6, 6.07) is 14.9. The van der Waals surface area contributed by atoms with E-state index in [1.54, 1.807) is 24.3 Å². The first-order valence-electron chi connectivity index (χ1n) is 11.1. The molecule has 0 unspecified atom stereocenters. The fourth-order valence-corrected chi connectivity index (χ4v) is 4.53. The third-order valence-corrected chi connectivity index (χ3v) is 7.25. The van der Waals surface area contributed by atoms with Crippen LogP contribution in [0.5, 0.6) is 11.5 Å². The fourth-order valence-electron chi connectivity index (χ4n) is 2.95. The van der Waals surface area contributed by atoms with E-state index in [1.807, 2.05) is 38.1 Å². The van der Waals surface area contributed by atoms with Crippen molar-refractivity contribution in [2.24, 2.45) is 0 Å². The molecule has 2 aromatic carbocycles. The van der Waals surface area contributed by atoms with E-state index in [9.17, 15) is 18.5 Å². The molecular weight excluding hydrogens is 500 g/mol. The number of nitriles is 1. The molecule has 1 N–H and O–H groups in total. The van der Waals surface area contributed by atoms with Crippen LogP contribution >= 0.6 is 11.5 Å². The van der Waals surface area contributed by atoms with Gasteiger partial charge >= 0.3 is 0 Å². The van der Waals surface area contributed by atoms with Gasteiger partial charge in [-0.3, -0.25) is 10.1 Å². The number of carbonyl (C=O) groups excluding carboxylic acids is 1. The molecule has 11 heteroatoms. The van der Waals surface area contributed by atoms with Crippen molar-refractivity contribution in [3.05, 3.63) is 64.7 Å². The van der Waals surface area contributed by atoms with Crippen LogP contribution in [0.4, 0.5) is 5.13 Å². The summed E-state index contributed by atoms with van der Waals surface area (Å²) >= 11 is 0.733. The summed E-state index contributed by atoms with van der Waals surface area (Å²) in [5.41, 5.74) is 2.70. The molecule has 36 heavy (non-hydrogen) atoms. The van der Waals surface area contributed by atoms with Gasteiger partial charge in [0.25, 0.3) is 11.1 Å². The van der Waals surface area contributed by atoms with Gasteiger partial charge in [0.15, 0.2) is 0 Å². The average Bonchev–Trinajstić information content (AvgIpc) is 3.34. The van der Waals surface area contributed by atoms with E-state index in [0.29, 0.717) is 30.9 Å². The van der Waals surface area contributed by atoms with Crippen LogP contribution in [0.15, 0.2) is 53.2 Å². The van der Waals surface area contributed by atoms with E-state index in [1.165, 1.54) is 13.0 Å². The third-order valence-electron chi connectivity index (χ3n) is 5.00. The maximum atomic E-state index is 12.4. The lowest BCUT2D eigenvalue weighted by Gasteiger charge is -2.11. The normalized spacial score (nSPS) is 11.6. The van der Waals surface area contributed by atoms with Crippen LogP contribution in [0, 0.1) is 25.2 Å². The molecule has 0 spiro atoms. The number of ether oxygens (including phenoxy) is 2. The van der Waals surface area contributed by atoms with Gasteiger partial charge in [-0.25, -0.2) is 8.42 Å². The first-order chi connectivity index (χ1) is 17.2. The van der Waals surface area contributed by atoms with Crippen LogP contribution in [0.2, 0.25) is 0 Å². The standard InChI is InChI=1S/C25H26N4O5S2/c1-4-36(31,32)25-28-24(35-29-25)27-23(30)20(16-26)15-19-8-10-21(11-9-19)33-12-5-13-34-22-14-17(2)6-7-18(22)3/h6-11,14-15H,4-5,12-13H2,1-3H3,(H,27,28,29,30)/b20-15-. The van der Waals surface area contributed by atoms with Crippen molar-refractivity contribution >= 4 is 38.5 Å². The summed E-state index contributed by atoms with van der Waals surface area (Å²) in [5.74, 6) is 0.667. The Balaban J connectivity index is 1.51. The number of nitrogens with zero attached hydrogens (tertiary/aromatic N) is 3. The van der Waals surface area contributed by atoms with E-state index in [4.69, 9.17) is 9.47 Å². The lowest BCUT2D eigenvalue weighted by molar-refractivity contribution is -0.112. The van der Waals surface area contributed by atoms with Crippen molar-refractivity contribution < 1.29 is 22.7 Å². The van der Waals surface area contributed by atoms with E-state index in [0.717, 1.165) is 28.4 Å². The molecule has 9 nitrogen and oxygen atoms in total. The van der Waals surface area contributed by atoms with Gasteiger partial charge in [0.05, 0.1) is 19.0 Å². The summed E-state index contributed by atoms with van der Waals surface area (Å²) in [6.07, 6.45) is 2.13. The molecule has 1 aromatic heterocycles. The Bertz CT molecular complexity index is 1390. The Labute approximate surface area is 214 Å². The topological polar surface area (TPSA) is 131 Å². The van der Waals surface area contributed by atoms with Crippen molar-refractivity contribution in [3.63, 3.8) is 0 Å². The fraction of sp³-hybridized carbons (Fsp3) is 0.280. The number of aryl methyl sites for hydroxylation is 2. The second-order valence-corrected chi connectivity index (χ2v) is 10.7. The lowest BCUT2D eigenvalue weighted by atomic mass is 10.1. The van der Waals surface area contributed by atoms with Crippen LogP contribution in [-0.4, -0.2) is 42.6 Å². The minimum atomic E-state index is -3.58. The second kappa shape index (κ2) is 12.3. The first kappa shape index (κ1) is 26.8. The summed E-state index contributed by atoms with van der Waals surface area (Å²) in [5, 5.41) is 11.5. The second-order valence-electron chi connectivity index (χ2n) is 7.80. The Morgan fingerprint density at radius 2 is 1.86 bits per heavy atom. The zero-order valence-corrected chi connectivity index (χ0v) is 21.8. The van der Waals surface area contributed by atoms with Gasteiger partial charge in [0.1, 0.15) is 23.1 Å². The van der Waals surface area contributed by atoms with E-state index in [-0.39, 0.29) is 21.6 Å². The van der Waals surface area contributed by atoms with Crippen LogP contribution < -0.4 is 14.8 Å². The lowest BCUT2D eigenvalue weighted by Crippen LogP contribution is -2.13. The van der Waals surface area contributed by atoms with Crippen LogP contribution in [0.3, 0.4) is 0 Å². The molecule has 0 radical (unpaired) electrons. The maximum absolute atomic E-state index is 12.4. The summed E-state index contributed by atoms with van der Waals surface area (Å²) < 4.78 is 39.0. The van der Waals surface area contributed by atoms with Crippen molar-refractivity contribution in [1.82, 2.24) is 9.36 Å². The molecule has 0 saturated carbocycles. The number of carbonyl (C=O) groups is 1. The summed E-state index contributed by atoms with van der Waals surface area (Å²) in [6.45, 7) is 6.52. The van der Waals surface area contributed by atoms with Crippen molar-refractivity contribution in [2.75, 3.05) is 24.3 Å². The van der Waals surface area contributed by atoms with Gasteiger partial charge in [-0.1, -0.05) is 31.2 Å². The van der Waals surface area contributed by atoms with Gasteiger partial charge in [-0.15, -0.1) is 0 Å². The van der Waals surface area contributed by atoms with Gasteiger partial charge in [0, 0.05) is 18.0 Å². The van der Waals surface area contributed by atoms with Gasteiger partial charge in [-0.05, 0) is 54.8 Å². The van der Waals surface area contributed by atoms with E-state index >= 15 is 0 Å². The van der Waals surface area contributed by atoms with Crippen LogP contribution in [0.25, 0.3) is 6.08 Å². The number of hydrogen-bond donors (Lipinski definition) is 1. The number of sulfone groups is 1. The Morgan fingerprint density at radius 1 is 1.14 bits per heavy atom. The minimum Gasteiger partial charge on any atom is -0.493 e. The number of nitrogens with one attached hydrogen (secondary N) is 1. The number of rotatable bonds is 11.